The van der Waals surface area contributed by atoms with E-state index in [1.54, 1.807) is 18.9 Å². The van der Waals surface area contributed by atoms with Crippen LogP contribution in [0.4, 0.5) is 0 Å². The Morgan fingerprint density at radius 3 is 2.50 bits per heavy atom. The van der Waals surface area contributed by atoms with Crippen molar-refractivity contribution in [2.45, 2.75) is 31.7 Å². The molecule has 6 nitrogen and oxygen atoms in total. The number of ether oxygens (including phenoxy) is 2. The van der Waals surface area contributed by atoms with Crippen LogP contribution in [-0.2, 0) is 20.9 Å². The van der Waals surface area contributed by atoms with Crippen LogP contribution in [0.5, 0.6) is 5.75 Å². The van der Waals surface area contributed by atoms with Crippen LogP contribution >= 0.6 is 11.8 Å². The number of benzene rings is 2. The van der Waals surface area contributed by atoms with Gasteiger partial charge in [-0.1, -0.05) is 54.2 Å². The van der Waals surface area contributed by atoms with Crippen molar-refractivity contribution in [3.05, 3.63) is 77.0 Å². The summed E-state index contributed by atoms with van der Waals surface area (Å²) in [4.78, 5) is 32.2. The first-order chi connectivity index (χ1) is 14.5. The largest absolute Gasteiger partial charge is 0.497 e. The van der Waals surface area contributed by atoms with Gasteiger partial charge in [0.15, 0.2) is 5.17 Å². The van der Waals surface area contributed by atoms with E-state index in [0.29, 0.717) is 22.2 Å². The van der Waals surface area contributed by atoms with Crippen molar-refractivity contribution in [2.24, 2.45) is 4.99 Å². The number of aliphatic imine (C=N–C) groups is 1. The number of thioether (sulfide) groups is 1. The van der Waals surface area contributed by atoms with E-state index in [-0.39, 0.29) is 17.8 Å². The van der Waals surface area contributed by atoms with Gasteiger partial charge >= 0.3 is 5.97 Å². The van der Waals surface area contributed by atoms with E-state index < -0.39 is 12.0 Å². The zero-order valence-corrected chi connectivity index (χ0v) is 17.8. The Morgan fingerprint density at radius 2 is 1.83 bits per heavy atom. The van der Waals surface area contributed by atoms with E-state index in [0.717, 1.165) is 11.1 Å². The van der Waals surface area contributed by atoms with Gasteiger partial charge in [0.1, 0.15) is 12.4 Å². The SMILES string of the molecule is COc1ccc([C@@H]2C(C(=O)OCc3ccccc3)=C(C)N=C3S[C@@H](C)C(=O)N32)cc1. The smallest absolute Gasteiger partial charge is 0.338 e. The quantitative estimate of drug-likeness (QED) is 0.679. The molecule has 0 unspecified atom stereocenters. The number of hydrogen-bond acceptors (Lipinski definition) is 6. The average molecular weight is 423 g/mol. The first-order valence-corrected chi connectivity index (χ1v) is 10.5. The molecule has 0 spiro atoms. The van der Waals surface area contributed by atoms with Gasteiger partial charge in [-0.15, -0.1) is 0 Å². The van der Waals surface area contributed by atoms with E-state index in [1.807, 2.05) is 61.5 Å². The Hall–Kier alpha value is -3.06. The topological polar surface area (TPSA) is 68.2 Å². The van der Waals surface area contributed by atoms with Gasteiger partial charge in [-0.2, -0.15) is 0 Å². The molecular weight excluding hydrogens is 400 g/mol. The Balaban J connectivity index is 1.70. The summed E-state index contributed by atoms with van der Waals surface area (Å²) in [6.45, 7) is 3.79. The molecule has 0 saturated carbocycles. The summed E-state index contributed by atoms with van der Waals surface area (Å²) >= 11 is 1.41. The second-order valence-corrected chi connectivity index (χ2v) is 8.41. The van der Waals surface area contributed by atoms with Gasteiger partial charge in [0.25, 0.3) is 0 Å². The molecular formula is C23H22N2O4S. The molecule has 1 fully saturated rings. The number of amidine groups is 1. The number of carbonyl (C=O) groups is 2. The summed E-state index contributed by atoms with van der Waals surface area (Å²) in [5, 5.41) is 0.363. The molecule has 0 N–H and O–H groups in total. The van der Waals surface area contributed by atoms with Crippen molar-refractivity contribution >= 4 is 28.8 Å². The minimum Gasteiger partial charge on any atom is -0.497 e. The van der Waals surface area contributed by atoms with Crippen molar-refractivity contribution in [3.8, 4) is 5.75 Å². The molecule has 154 valence electrons. The molecule has 2 aliphatic heterocycles. The third-order valence-electron chi connectivity index (χ3n) is 5.12. The molecule has 0 aromatic heterocycles. The molecule has 1 amide bonds. The third-order valence-corrected chi connectivity index (χ3v) is 6.18. The second kappa shape index (κ2) is 8.36. The highest BCUT2D eigenvalue weighted by atomic mass is 32.2. The summed E-state index contributed by atoms with van der Waals surface area (Å²) in [5.74, 6) is 0.158. The maximum absolute atomic E-state index is 13.1. The minimum atomic E-state index is -0.586. The van der Waals surface area contributed by atoms with Crippen LogP contribution in [0, 0.1) is 0 Å². The van der Waals surface area contributed by atoms with Crippen molar-refractivity contribution in [1.29, 1.82) is 0 Å². The van der Waals surface area contributed by atoms with Crippen molar-refractivity contribution in [2.75, 3.05) is 7.11 Å². The van der Waals surface area contributed by atoms with Crippen molar-refractivity contribution < 1.29 is 19.1 Å². The van der Waals surface area contributed by atoms with E-state index in [4.69, 9.17) is 9.47 Å². The average Bonchev–Trinajstić information content (AvgIpc) is 3.05. The molecule has 0 aliphatic carbocycles. The van der Waals surface area contributed by atoms with Crippen LogP contribution in [0.3, 0.4) is 0 Å². The van der Waals surface area contributed by atoms with E-state index >= 15 is 0 Å². The zero-order chi connectivity index (χ0) is 21.3. The third kappa shape index (κ3) is 3.73. The Kier molecular flexibility index (Phi) is 5.63. The molecule has 0 radical (unpaired) electrons. The fourth-order valence-electron chi connectivity index (χ4n) is 3.57. The molecule has 2 aromatic rings. The van der Waals surface area contributed by atoms with Gasteiger partial charge in [0.2, 0.25) is 5.91 Å². The lowest BCUT2D eigenvalue weighted by atomic mass is 9.94. The van der Waals surface area contributed by atoms with Gasteiger partial charge in [0.05, 0.1) is 29.7 Å². The van der Waals surface area contributed by atoms with Crippen LogP contribution in [0.2, 0.25) is 0 Å². The first-order valence-electron chi connectivity index (χ1n) is 9.63. The van der Waals surface area contributed by atoms with Gasteiger partial charge in [-0.25, -0.2) is 9.79 Å². The molecule has 1 saturated heterocycles. The molecule has 2 heterocycles. The maximum atomic E-state index is 13.1. The number of amides is 1. The number of fused-ring (bicyclic) bond motifs is 1. The van der Waals surface area contributed by atoms with Crippen LogP contribution in [0.15, 0.2) is 70.9 Å². The molecule has 4 rings (SSSR count). The zero-order valence-electron chi connectivity index (χ0n) is 17.0. The van der Waals surface area contributed by atoms with Crippen LogP contribution < -0.4 is 4.74 Å². The lowest BCUT2D eigenvalue weighted by Crippen LogP contribution is -2.40. The fraction of sp³-hybridized carbons (Fsp3) is 0.261. The number of hydrogen-bond donors (Lipinski definition) is 0. The van der Waals surface area contributed by atoms with Crippen LogP contribution in [0.1, 0.15) is 31.0 Å². The minimum absolute atomic E-state index is 0.0690. The highest BCUT2D eigenvalue weighted by Gasteiger charge is 2.46. The van der Waals surface area contributed by atoms with Crippen molar-refractivity contribution in [3.63, 3.8) is 0 Å². The second-order valence-electron chi connectivity index (χ2n) is 7.10. The van der Waals surface area contributed by atoms with E-state index in [2.05, 4.69) is 4.99 Å². The highest BCUT2D eigenvalue weighted by Crippen LogP contribution is 2.43. The highest BCUT2D eigenvalue weighted by molar-refractivity contribution is 8.15. The van der Waals surface area contributed by atoms with Crippen molar-refractivity contribution in [1.82, 2.24) is 4.90 Å². The normalized spacial score (nSPS) is 20.7. The molecule has 30 heavy (non-hydrogen) atoms. The lowest BCUT2D eigenvalue weighted by molar-refractivity contribution is -0.141. The lowest BCUT2D eigenvalue weighted by Gasteiger charge is -2.33. The van der Waals surface area contributed by atoms with E-state index in [9.17, 15) is 9.59 Å². The predicted octanol–water partition coefficient (Wildman–Crippen LogP) is 4.09. The Morgan fingerprint density at radius 1 is 1.13 bits per heavy atom. The summed E-state index contributed by atoms with van der Waals surface area (Å²) in [7, 11) is 1.60. The Bertz CT molecular complexity index is 1030. The number of carbonyl (C=O) groups excluding carboxylic acids is 2. The van der Waals surface area contributed by atoms with Gasteiger partial charge in [-0.05, 0) is 37.1 Å². The van der Waals surface area contributed by atoms with Crippen LogP contribution in [-0.4, -0.2) is 34.3 Å². The van der Waals surface area contributed by atoms with E-state index in [1.165, 1.54) is 11.8 Å². The van der Waals surface area contributed by atoms with Gasteiger partial charge in [0, 0.05) is 0 Å². The predicted molar refractivity (Wildman–Crippen MR) is 116 cm³/mol. The number of nitrogens with zero attached hydrogens (tertiary/aromatic N) is 2. The first kappa shape index (κ1) is 20.2. The monoisotopic (exact) mass is 422 g/mol. The summed E-state index contributed by atoms with van der Waals surface area (Å²) in [5.41, 5.74) is 2.64. The summed E-state index contributed by atoms with van der Waals surface area (Å²) in [6, 6.07) is 16.3. The molecule has 2 aromatic carbocycles. The summed E-state index contributed by atoms with van der Waals surface area (Å²) < 4.78 is 10.9. The van der Waals surface area contributed by atoms with Gasteiger partial charge < -0.3 is 9.47 Å². The van der Waals surface area contributed by atoms with Gasteiger partial charge in [-0.3, -0.25) is 9.69 Å². The number of methoxy groups -OCH3 is 1. The summed E-state index contributed by atoms with van der Waals surface area (Å²) in [6.07, 6.45) is 0. The molecule has 2 atom stereocenters. The number of esters is 1. The molecule has 2 aliphatic rings. The molecule has 0 bridgehead atoms. The molecule has 7 heteroatoms. The number of allylic oxidation sites excluding steroid dienone is 1. The van der Waals surface area contributed by atoms with Crippen LogP contribution in [0.25, 0.3) is 0 Å². The number of rotatable bonds is 5. The Labute approximate surface area is 179 Å². The fourth-order valence-corrected chi connectivity index (χ4v) is 4.60. The standard InChI is InChI=1S/C23H22N2O4S/c1-14-19(22(27)29-13-16-7-5-4-6-8-16)20(17-9-11-18(28-3)12-10-17)25-21(26)15(2)30-23(25)24-14/h4-12,15,20H,13H2,1-3H3/t15-,20+/m0/s1. The maximum Gasteiger partial charge on any atom is 0.338 e.